The van der Waals surface area contributed by atoms with Crippen molar-refractivity contribution in [3.8, 4) is 11.5 Å². The van der Waals surface area contributed by atoms with Gasteiger partial charge in [-0.05, 0) is 25.1 Å². The molecule has 0 saturated heterocycles. The largest absolute Gasteiger partial charge is 0.397 e. The van der Waals surface area contributed by atoms with E-state index >= 15 is 0 Å². The van der Waals surface area contributed by atoms with Gasteiger partial charge in [-0.3, -0.25) is 4.98 Å². The molecule has 0 atom stereocenters. The van der Waals surface area contributed by atoms with Crippen molar-refractivity contribution < 1.29 is 4.52 Å². The van der Waals surface area contributed by atoms with Crippen LogP contribution in [0.4, 0.5) is 5.69 Å². The zero-order valence-corrected chi connectivity index (χ0v) is 12.3. The summed E-state index contributed by atoms with van der Waals surface area (Å²) in [4.78, 5) is 9.55. The van der Waals surface area contributed by atoms with Gasteiger partial charge in [-0.2, -0.15) is 4.98 Å². The normalized spacial score (nSPS) is 10.7. The maximum atomic E-state index is 5.69. The van der Waals surface area contributed by atoms with Crippen molar-refractivity contribution in [2.24, 2.45) is 0 Å². The van der Waals surface area contributed by atoms with E-state index in [-0.39, 0.29) is 0 Å². The summed E-state index contributed by atoms with van der Waals surface area (Å²) < 4.78 is 5.24. The minimum Gasteiger partial charge on any atom is -0.397 e. The first kappa shape index (κ1) is 13.6. The van der Waals surface area contributed by atoms with Crippen LogP contribution in [0.1, 0.15) is 11.4 Å². The number of nitrogens with two attached hydrogens (primary N) is 1. The summed E-state index contributed by atoms with van der Waals surface area (Å²) in [6, 6.07) is 10.1. The third-order valence-corrected chi connectivity index (χ3v) is 3.87. The van der Waals surface area contributed by atoms with Crippen molar-refractivity contribution in [3.63, 3.8) is 0 Å². The molecule has 0 aliphatic rings. The maximum Gasteiger partial charge on any atom is 0.259 e. The van der Waals surface area contributed by atoms with E-state index in [1.54, 1.807) is 30.2 Å². The Labute approximate surface area is 126 Å². The highest BCUT2D eigenvalue weighted by Crippen LogP contribution is 2.24. The molecule has 0 bridgehead atoms. The first-order chi connectivity index (χ1) is 10.2. The molecule has 2 N–H and O–H groups in total. The maximum absolute atomic E-state index is 5.69. The van der Waals surface area contributed by atoms with Crippen LogP contribution >= 0.6 is 11.8 Å². The van der Waals surface area contributed by atoms with Crippen LogP contribution in [0.2, 0.25) is 0 Å². The van der Waals surface area contributed by atoms with E-state index in [0.29, 0.717) is 23.2 Å². The van der Waals surface area contributed by atoms with Crippen molar-refractivity contribution in [2.75, 3.05) is 5.73 Å². The molecule has 2 heterocycles. The van der Waals surface area contributed by atoms with E-state index in [0.717, 1.165) is 5.56 Å². The van der Waals surface area contributed by atoms with Gasteiger partial charge in [0.15, 0.2) is 5.82 Å². The average molecular weight is 298 g/mol. The van der Waals surface area contributed by atoms with Crippen molar-refractivity contribution in [1.29, 1.82) is 0 Å². The number of aryl methyl sites for hydroxylation is 1. The average Bonchev–Trinajstić information content (AvgIpc) is 2.96. The molecule has 5 nitrogen and oxygen atoms in total. The van der Waals surface area contributed by atoms with Crippen LogP contribution in [0.3, 0.4) is 0 Å². The van der Waals surface area contributed by atoms with E-state index < -0.39 is 0 Å². The molecule has 0 unspecified atom stereocenters. The van der Waals surface area contributed by atoms with Crippen LogP contribution in [-0.2, 0) is 5.75 Å². The second-order valence-electron chi connectivity index (χ2n) is 4.62. The molecule has 0 aliphatic heterocycles. The first-order valence-electron chi connectivity index (χ1n) is 6.44. The summed E-state index contributed by atoms with van der Waals surface area (Å²) in [5.41, 5.74) is 8.24. The van der Waals surface area contributed by atoms with Gasteiger partial charge in [-0.1, -0.05) is 22.9 Å². The molecule has 3 aromatic rings. The zero-order chi connectivity index (χ0) is 14.7. The lowest BCUT2D eigenvalue weighted by molar-refractivity contribution is 0.425. The summed E-state index contributed by atoms with van der Waals surface area (Å²) in [5.74, 6) is 1.75. The van der Waals surface area contributed by atoms with E-state index in [9.17, 15) is 0 Å². The summed E-state index contributed by atoms with van der Waals surface area (Å²) in [7, 11) is 0. The lowest BCUT2D eigenvalue weighted by Crippen LogP contribution is -1.88. The number of hydrogen-bond donors (Lipinski definition) is 1. The number of pyridine rings is 1. The lowest BCUT2D eigenvalue weighted by atomic mass is 10.2. The van der Waals surface area contributed by atoms with Crippen LogP contribution in [0.5, 0.6) is 0 Å². The molecular formula is C15H14N4OS. The molecule has 0 fully saturated rings. The molecule has 3 rings (SSSR count). The first-order valence-corrected chi connectivity index (χ1v) is 7.42. The lowest BCUT2D eigenvalue weighted by Gasteiger charge is -1.98. The minimum absolute atomic E-state index is 0.439. The van der Waals surface area contributed by atoms with Crippen molar-refractivity contribution in [2.45, 2.75) is 17.6 Å². The summed E-state index contributed by atoms with van der Waals surface area (Å²) in [6.45, 7) is 2.07. The summed E-state index contributed by atoms with van der Waals surface area (Å²) in [6.07, 6.45) is 3.23. The van der Waals surface area contributed by atoms with Crippen LogP contribution in [-0.4, -0.2) is 15.1 Å². The van der Waals surface area contributed by atoms with Gasteiger partial charge < -0.3 is 10.3 Å². The predicted octanol–water partition coefficient (Wildman–Crippen LogP) is 3.31. The third-order valence-electron chi connectivity index (χ3n) is 2.86. The van der Waals surface area contributed by atoms with E-state index in [2.05, 4.69) is 46.3 Å². The van der Waals surface area contributed by atoms with Gasteiger partial charge in [-0.25, -0.2) is 0 Å². The molecule has 0 saturated carbocycles. The highest BCUT2D eigenvalue weighted by Gasteiger charge is 2.09. The number of nitrogens with zero attached hydrogens (tertiary/aromatic N) is 3. The third kappa shape index (κ3) is 3.41. The van der Waals surface area contributed by atoms with E-state index in [4.69, 9.17) is 10.3 Å². The second-order valence-corrected chi connectivity index (χ2v) is 5.67. The number of nitrogen functional groups attached to an aromatic ring is 1. The SMILES string of the molecule is Cc1ccc(SCc2noc(-c3cncc(N)c3)n2)cc1. The Hall–Kier alpha value is -2.34. The fraction of sp³-hybridized carbons (Fsp3) is 0.133. The Morgan fingerprint density at radius 2 is 2.00 bits per heavy atom. The van der Waals surface area contributed by atoms with Gasteiger partial charge in [0.25, 0.3) is 5.89 Å². The Morgan fingerprint density at radius 3 is 2.76 bits per heavy atom. The van der Waals surface area contributed by atoms with Crippen molar-refractivity contribution in [1.82, 2.24) is 15.1 Å². The van der Waals surface area contributed by atoms with Gasteiger partial charge >= 0.3 is 0 Å². The second kappa shape index (κ2) is 5.97. The molecular weight excluding hydrogens is 284 g/mol. The van der Waals surface area contributed by atoms with Crippen LogP contribution in [0.15, 0.2) is 52.1 Å². The number of aromatic nitrogens is 3. The molecule has 21 heavy (non-hydrogen) atoms. The molecule has 0 spiro atoms. The highest BCUT2D eigenvalue weighted by molar-refractivity contribution is 7.98. The van der Waals surface area contributed by atoms with Gasteiger partial charge in [-0.15, -0.1) is 11.8 Å². The number of thioether (sulfide) groups is 1. The predicted molar refractivity (Wildman–Crippen MR) is 82.7 cm³/mol. The van der Waals surface area contributed by atoms with Crippen molar-refractivity contribution in [3.05, 3.63) is 54.1 Å². The smallest absolute Gasteiger partial charge is 0.259 e. The minimum atomic E-state index is 0.439. The Morgan fingerprint density at radius 1 is 1.19 bits per heavy atom. The standard InChI is InChI=1S/C15H14N4OS/c1-10-2-4-13(5-3-10)21-9-14-18-15(20-19-14)11-6-12(16)8-17-7-11/h2-8H,9,16H2,1H3. The molecule has 0 amide bonds. The van der Waals surface area contributed by atoms with Crippen LogP contribution in [0.25, 0.3) is 11.5 Å². The van der Waals surface area contributed by atoms with Crippen molar-refractivity contribution >= 4 is 17.4 Å². The number of benzene rings is 1. The van der Waals surface area contributed by atoms with Crippen LogP contribution < -0.4 is 5.73 Å². The Kier molecular flexibility index (Phi) is 3.87. The monoisotopic (exact) mass is 298 g/mol. The number of hydrogen-bond acceptors (Lipinski definition) is 6. The molecule has 106 valence electrons. The zero-order valence-electron chi connectivity index (χ0n) is 11.5. The van der Waals surface area contributed by atoms with Crippen LogP contribution in [0, 0.1) is 6.92 Å². The summed E-state index contributed by atoms with van der Waals surface area (Å²) >= 11 is 1.67. The fourth-order valence-electron chi connectivity index (χ4n) is 1.79. The fourth-order valence-corrected chi connectivity index (χ4v) is 2.53. The summed E-state index contributed by atoms with van der Waals surface area (Å²) in [5, 5.41) is 3.98. The Bertz CT molecular complexity index is 739. The quantitative estimate of drug-likeness (QED) is 0.744. The molecule has 0 radical (unpaired) electrons. The number of rotatable bonds is 4. The van der Waals surface area contributed by atoms with Gasteiger partial charge in [0, 0.05) is 17.3 Å². The molecule has 2 aromatic heterocycles. The molecule has 1 aromatic carbocycles. The van der Waals surface area contributed by atoms with Gasteiger partial charge in [0.1, 0.15) is 0 Å². The Balaban J connectivity index is 1.69. The van der Waals surface area contributed by atoms with Gasteiger partial charge in [0.05, 0.1) is 17.0 Å². The van der Waals surface area contributed by atoms with E-state index in [1.807, 2.05) is 0 Å². The molecule has 6 heteroatoms. The highest BCUT2D eigenvalue weighted by atomic mass is 32.2. The molecule has 0 aliphatic carbocycles. The number of anilines is 1. The van der Waals surface area contributed by atoms with Gasteiger partial charge in [0.2, 0.25) is 0 Å². The van der Waals surface area contributed by atoms with E-state index in [1.165, 1.54) is 10.5 Å². The topological polar surface area (TPSA) is 77.8 Å².